The van der Waals surface area contributed by atoms with Gasteiger partial charge in [0.25, 0.3) is 0 Å². The molecule has 1 saturated heterocycles. The van der Waals surface area contributed by atoms with Gasteiger partial charge in [-0.25, -0.2) is 8.42 Å². The van der Waals surface area contributed by atoms with E-state index in [0.717, 1.165) is 4.90 Å². The van der Waals surface area contributed by atoms with Gasteiger partial charge >= 0.3 is 0 Å². The van der Waals surface area contributed by atoms with Gasteiger partial charge in [-0.15, -0.1) is 0 Å². The predicted molar refractivity (Wildman–Crippen MR) is 117 cm³/mol. The minimum Gasteiger partial charge on any atom is -0.298 e. The minimum absolute atomic E-state index is 0.135. The summed E-state index contributed by atoms with van der Waals surface area (Å²) in [6.45, 7) is 6.41. The smallest absolute Gasteiger partial charge is 0.244 e. The lowest BCUT2D eigenvalue weighted by Gasteiger charge is -2.36. The van der Waals surface area contributed by atoms with Crippen molar-refractivity contribution < 1.29 is 8.42 Å². The molecule has 0 unspecified atom stereocenters. The number of rotatable bonds is 5. The highest BCUT2D eigenvalue weighted by molar-refractivity contribution is 8.00. The van der Waals surface area contributed by atoms with Crippen LogP contribution < -0.4 is 0 Å². The van der Waals surface area contributed by atoms with Gasteiger partial charge in [-0.3, -0.25) is 4.90 Å². The van der Waals surface area contributed by atoms with E-state index in [1.165, 1.54) is 22.1 Å². The fraction of sp³-hybridized carbons (Fsp3) is 0.350. The van der Waals surface area contributed by atoms with E-state index in [4.69, 9.17) is 23.2 Å². The molecular weight excluding hydrogens is 449 g/mol. The number of sulfonamides is 1. The third kappa shape index (κ3) is 5.26. The molecule has 154 valence electrons. The Kier molecular flexibility index (Phi) is 7.15. The predicted octanol–water partition coefficient (Wildman–Crippen LogP) is 4.73. The molecule has 0 bridgehead atoms. The zero-order valence-electron chi connectivity index (χ0n) is 16.1. The molecule has 9 heteroatoms. The summed E-state index contributed by atoms with van der Waals surface area (Å²) in [7, 11) is -3.75. The molecule has 0 aliphatic carbocycles. The van der Waals surface area contributed by atoms with Crippen molar-refractivity contribution in [1.82, 2.24) is 9.21 Å². The third-order valence-corrected chi connectivity index (χ3v) is 8.31. The third-order valence-electron chi connectivity index (χ3n) is 4.76. The van der Waals surface area contributed by atoms with E-state index < -0.39 is 10.0 Å². The second-order valence-electron chi connectivity index (χ2n) is 7.01. The molecule has 0 spiro atoms. The van der Waals surface area contributed by atoms with E-state index in [0.29, 0.717) is 52.7 Å². The Balaban J connectivity index is 1.96. The van der Waals surface area contributed by atoms with Gasteiger partial charge in [0.1, 0.15) is 0 Å². The second kappa shape index (κ2) is 9.25. The Morgan fingerprint density at radius 1 is 1.03 bits per heavy atom. The number of halogens is 2. The average Bonchev–Trinajstić information content (AvgIpc) is 2.67. The van der Waals surface area contributed by atoms with Crippen LogP contribution in [0.3, 0.4) is 0 Å². The number of nitrogens with zero attached hydrogens (tertiary/aromatic N) is 3. The lowest BCUT2D eigenvalue weighted by Crippen LogP contribution is -2.50. The Morgan fingerprint density at radius 3 is 2.21 bits per heavy atom. The summed E-state index contributed by atoms with van der Waals surface area (Å²) in [6, 6.07) is 12.2. The van der Waals surface area contributed by atoms with E-state index in [1.807, 2.05) is 6.07 Å². The molecule has 3 rings (SSSR count). The van der Waals surface area contributed by atoms with Crippen molar-refractivity contribution >= 4 is 45.0 Å². The van der Waals surface area contributed by atoms with Gasteiger partial charge in [-0.2, -0.15) is 9.57 Å². The largest absolute Gasteiger partial charge is 0.298 e. The van der Waals surface area contributed by atoms with Gasteiger partial charge in [0.05, 0.1) is 16.5 Å². The fourth-order valence-electron chi connectivity index (χ4n) is 3.18. The van der Waals surface area contributed by atoms with E-state index in [2.05, 4.69) is 18.7 Å². The minimum atomic E-state index is -3.75. The standard InChI is InChI=1S/C20H21Cl2N3O2S2/c1-14(2)24-5-7-25(8-6-24)29(26,27)20-9-15(13-23)3-4-19(20)28-18-11-16(21)10-17(22)12-18/h3-4,9-12,14H,5-8H2,1-2H3. The highest BCUT2D eigenvalue weighted by Crippen LogP contribution is 2.37. The highest BCUT2D eigenvalue weighted by Gasteiger charge is 2.31. The lowest BCUT2D eigenvalue weighted by atomic mass is 10.2. The molecule has 2 aromatic rings. The van der Waals surface area contributed by atoms with Crippen LogP contribution in [0, 0.1) is 11.3 Å². The number of hydrogen-bond acceptors (Lipinski definition) is 5. The summed E-state index contributed by atoms with van der Waals surface area (Å²) >= 11 is 13.4. The van der Waals surface area contributed by atoms with Crippen LogP contribution in [-0.2, 0) is 10.0 Å². The molecule has 0 N–H and O–H groups in total. The SMILES string of the molecule is CC(C)N1CCN(S(=O)(=O)c2cc(C#N)ccc2Sc2cc(Cl)cc(Cl)c2)CC1. The van der Waals surface area contributed by atoms with E-state index in [9.17, 15) is 13.7 Å². The van der Waals surface area contributed by atoms with E-state index in [1.54, 1.807) is 30.3 Å². The molecule has 0 atom stereocenters. The molecule has 0 radical (unpaired) electrons. The zero-order valence-corrected chi connectivity index (χ0v) is 19.2. The maximum atomic E-state index is 13.4. The second-order valence-corrected chi connectivity index (χ2v) is 10.9. The van der Waals surface area contributed by atoms with Crippen molar-refractivity contribution in [3.8, 4) is 6.07 Å². The van der Waals surface area contributed by atoms with Gasteiger partial charge in [0, 0.05) is 52.1 Å². The molecule has 0 amide bonds. The Labute approximate surface area is 186 Å². The van der Waals surface area contributed by atoms with Crippen LogP contribution in [0.2, 0.25) is 10.0 Å². The Hall–Kier alpha value is -1.27. The number of benzene rings is 2. The van der Waals surface area contributed by atoms with Gasteiger partial charge in [-0.05, 0) is 50.2 Å². The Bertz CT molecular complexity index is 1020. The van der Waals surface area contributed by atoms with Crippen LogP contribution in [0.4, 0.5) is 0 Å². The summed E-state index contributed by atoms with van der Waals surface area (Å²) in [4.78, 5) is 3.65. The van der Waals surface area contributed by atoms with E-state index in [-0.39, 0.29) is 4.90 Å². The molecule has 0 saturated carbocycles. The molecular formula is C20H21Cl2N3O2S2. The Morgan fingerprint density at radius 2 is 1.66 bits per heavy atom. The van der Waals surface area contributed by atoms with Crippen LogP contribution in [0.5, 0.6) is 0 Å². The molecule has 1 heterocycles. The number of nitriles is 1. The number of hydrogen-bond donors (Lipinski definition) is 0. The quantitative estimate of drug-likeness (QED) is 0.632. The summed E-state index contributed by atoms with van der Waals surface area (Å²) in [5.41, 5.74) is 0.304. The summed E-state index contributed by atoms with van der Waals surface area (Å²) in [5, 5.41) is 10.2. The van der Waals surface area contributed by atoms with Crippen LogP contribution in [0.1, 0.15) is 19.4 Å². The first kappa shape index (κ1) is 22.4. The first-order chi connectivity index (χ1) is 13.7. The summed E-state index contributed by atoms with van der Waals surface area (Å²) in [5.74, 6) is 0. The summed E-state index contributed by atoms with van der Waals surface area (Å²) in [6.07, 6.45) is 0. The molecule has 1 aliphatic rings. The first-order valence-electron chi connectivity index (χ1n) is 9.13. The van der Waals surface area contributed by atoms with Crippen molar-refractivity contribution in [2.45, 2.75) is 34.6 Å². The monoisotopic (exact) mass is 469 g/mol. The van der Waals surface area contributed by atoms with Crippen LogP contribution in [-0.4, -0.2) is 49.8 Å². The van der Waals surface area contributed by atoms with Crippen molar-refractivity contribution in [1.29, 1.82) is 5.26 Å². The van der Waals surface area contributed by atoms with Gasteiger partial charge in [0.2, 0.25) is 10.0 Å². The van der Waals surface area contributed by atoms with E-state index >= 15 is 0 Å². The lowest BCUT2D eigenvalue weighted by molar-refractivity contribution is 0.154. The van der Waals surface area contributed by atoms with Crippen molar-refractivity contribution in [2.75, 3.05) is 26.2 Å². The molecule has 2 aromatic carbocycles. The first-order valence-corrected chi connectivity index (χ1v) is 12.1. The molecule has 29 heavy (non-hydrogen) atoms. The van der Waals surface area contributed by atoms with Crippen LogP contribution in [0.15, 0.2) is 51.1 Å². The highest BCUT2D eigenvalue weighted by atomic mass is 35.5. The molecule has 5 nitrogen and oxygen atoms in total. The average molecular weight is 470 g/mol. The molecule has 0 aromatic heterocycles. The molecule has 1 fully saturated rings. The van der Waals surface area contributed by atoms with Gasteiger partial charge in [0.15, 0.2) is 0 Å². The van der Waals surface area contributed by atoms with Gasteiger partial charge < -0.3 is 0 Å². The van der Waals surface area contributed by atoms with Gasteiger partial charge in [-0.1, -0.05) is 35.0 Å². The maximum absolute atomic E-state index is 13.4. The van der Waals surface area contributed by atoms with Crippen molar-refractivity contribution in [3.63, 3.8) is 0 Å². The topological polar surface area (TPSA) is 64.4 Å². The van der Waals surface area contributed by atoms with Crippen LogP contribution >= 0.6 is 35.0 Å². The summed E-state index contributed by atoms with van der Waals surface area (Å²) < 4.78 is 28.3. The normalized spacial score (nSPS) is 16.1. The molecule has 1 aliphatic heterocycles. The van der Waals surface area contributed by atoms with Crippen molar-refractivity contribution in [3.05, 3.63) is 52.0 Å². The number of piperazine rings is 1. The van der Waals surface area contributed by atoms with Crippen molar-refractivity contribution in [2.24, 2.45) is 0 Å². The van der Waals surface area contributed by atoms with Crippen LogP contribution in [0.25, 0.3) is 0 Å². The fourth-order valence-corrected chi connectivity index (χ4v) is 6.72. The maximum Gasteiger partial charge on any atom is 0.244 e. The zero-order chi connectivity index (χ0) is 21.2.